The van der Waals surface area contributed by atoms with Crippen LogP contribution in [0.15, 0.2) is 30.3 Å². The third-order valence-electron chi connectivity index (χ3n) is 3.41. The first-order chi connectivity index (χ1) is 9.61. The summed E-state index contributed by atoms with van der Waals surface area (Å²) in [6, 6.07) is 10.8. The molecule has 108 valence electrons. The fourth-order valence-corrected chi connectivity index (χ4v) is 2.44. The Balaban J connectivity index is 2.06. The van der Waals surface area contributed by atoms with Crippen LogP contribution in [0.2, 0.25) is 0 Å². The van der Waals surface area contributed by atoms with Gasteiger partial charge in [0.25, 0.3) is 0 Å². The van der Waals surface area contributed by atoms with Crippen molar-refractivity contribution in [3.63, 3.8) is 0 Å². The lowest BCUT2D eigenvalue weighted by Gasteiger charge is -2.16. The lowest BCUT2D eigenvalue weighted by molar-refractivity contribution is 0.713. The largest absolute Gasteiger partial charge is 0.394 e. The van der Waals surface area contributed by atoms with Gasteiger partial charge in [0.05, 0.1) is 11.4 Å². The van der Waals surface area contributed by atoms with Gasteiger partial charge >= 0.3 is 0 Å². The SMILES string of the molecule is CCCc1nn(C)c(NC(C)Cc2ccccc2)c1N. The summed E-state index contributed by atoms with van der Waals surface area (Å²) >= 11 is 0. The summed E-state index contributed by atoms with van der Waals surface area (Å²) in [6.07, 6.45) is 2.95. The molecule has 0 spiro atoms. The first-order valence-corrected chi connectivity index (χ1v) is 7.23. The topological polar surface area (TPSA) is 55.9 Å². The highest BCUT2D eigenvalue weighted by atomic mass is 15.3. The van der Waals surface area contributed by atoms with E-state index < -0.39 is 0 Å². The maximum atomic E-state index is 6.19. The lowest BCUT2D eigenvalue weighted by atomic mass is 10.1. The monoisotopic (exact) mass is 272 g/mol. The Morgan fingerprint density at radius 1 is 1.30 bits per heavy atom. The van der Waals surface area contributed by atoms with Gasteiger partial charge in [0.1, 0.15) is 5.82 Å². The molecule has 1 atom stereocenters. The van der Waals surface area contributed by atoms with Gasteiger partial charge in [-0.25, -0.2) is 0 Å². The molecule has 0 amide bonds. The fourth-order valence-electron chi connectivity index (χ4n) is 2.44. The Bertz CT molecular complexity index is 545. The molecule has 1 unspecified atom stereocenters. The third-order valence-corrected chi connectivity index (χ3v) is 3.41. The van der Waals surface area contributed by atoms with E-state index in [0.29, 0.717) is 6.04 Å². The number of nitrogens with one attached hydrogen (secondary N) is 1. The van der Waals surface area contributed by atoms with Crippen LogP contribution in [-0.4, -0.2) is 15.8 Å². The van der Waals surface area contributed by atoms with Gasteiger partial charge in [-0.1, -0.05) is 43.7 Å². The molecule has 1 heterocycles. The Hall–Kier alpha value is -1.97. The van der Waals surface area contributed by atoms with E-state index in [4.69, 9.17) is 5.73 Å². The van der Waals surface area contributed by atoms with Crippen LogP contribution in [0, 0.1) is 0 Å². The van der Waals surface area contributed by atoms with Crippen LogP contribution in [0.3, 0.4) is 0 Å². The molecule has 0 fully saturated rings. The van der Waals surface area contributed by atoms with Gasteiger partial charge in [0.2, 0.25) is 0 Å². The van der Waals surface area contributed by atoms with E-state index in [0.717, 1.165) is 36.5 Å². The number of aromatic nitrogens is 2. The zero-order valence-electron chi connectivity index (χ0n) is 12.6. The van der Waals surface area contributed by atoms with Crippen molar-refractivity contribution < 1.29 is 0 Å². The average Bonchev–Trinajstić information content (AvgIpc) is 2.68. The van der Waals surface area contributed by atoms with Gasteiger partial charge in [-0.2, -0.15) is 5.10 Å². The van der Waals surface area contributed by atoms with Crippen molar-refractivity contribution >= 4 is 11.5 Å². The molecule has 0 aliphatic carbocycles. The van der Waals surface area contributed by atoms with E-state index in [-0.39, 0.29) is 0 Å². The molecular weight excluding hydrogens is 248 g/mol. The Morgan fingerprint density at radius 2 is 2.00 bits per heavy atom. The van der Waals surface area contributed by atoms with Gasteiger partial charge in [-0.15, -0.1) is 0 Å². The van der Waals surface area contributed by atoms with E-state index >= 15 is 0 Å². The molecule has 0 aliphatic rings. The third kappa shape index (κ3) is 3.32. The zero-order chi connectivity index (χ0) is 14.5. The van der Waals surface area contributed by atoms with Gasteiger partial charge in [0.15, 0.2) is 0 Å². The van der Waals surface area contributed by atoms with E-state index in [1.807, 2.05) is 17.8 Å². The highest BCUT2D eigenvalue weighted by Crippen LogP contribution is 2.24. The van der Waals surface area contributed by atoms with Crippen LogP contribution in [0.4, 0.5) is 11.5 Å². The molecule has 0 saturated heterocycles. The Morgan fingerprint density at radius 3 is 2.65 bits per heavy atom. The number of hydrogen-bond acceptors (Lipinski definition) is 3. The zero-order valence-corrected chi connectivity index (χ0v) is 12.6. The van der Waals surface area contributed by atoms with Crippen LogP contribution >= 0.6 is 0 Å². The van der Waals surface area contributed by atoms with E-state index in [9.17, 15) is 0 Å². The Kier molecular flexibility index (Phi) is 4.66. The standard InChI is InChI=1S/C16H24N4/c1-4-8-14-15(17)16(20(3)19-14)18-12(2)11-13-9-6-5-7-10-13/h5-7,9-10,12,18H,4,8,11,17H2,1-3H3. The van der Waals surface area contributed by atoms with Crippen LogP contribution in [0.1, 0.15) is 31.5 Å². The molecule has 4 nitrogen and oxygen atoms in total. The van der Waals surface area contributed by atoms with Gasteiger partial charge in [-0.05, 0) is 25.3 Å². The first kappa shape index (κ1) is 14.4. The molecule has 0 aliphatic heterocycles. The second-order valence-corrected chi connectivity index (χ2v) is 5.32. The molecule has 1 aromatic heterocycles. The molecule has 20 heavy (non-hydrogen) atoms. The molecule has 2 rings (SSSR count). The summed E-state index contributed by atoms with van der Waals surface area (Å²) in [7, 11) is 1.94. The molecule has 2 aromatic rings. The maximum Gasteiger partial charge on any atom is 0.147 e. The van der Waals surface area contributed by atoms with Crippen molar-refractivity contribution in [1.29, 1.82) is 0 Å². The predicted molar refractivity (Wildman–Crippen MR) is 84.8 cm³/mol. The van der Waals surface area contributed by atoms with Crippen LogP contribution in [0.25, 0.3) is 0 Å². The number of hydrogen-bond donors (Lipinski definition) is 2. The van der Waals surface area contributed by atoms with Crippen molar-refractivity contribution in [1.82, 2.24) is 9.78 Å². The molecule has 1 aromatic carbocycles. The molecule has 0 radical (unpaired) electrons. The number of aryl methyl sites for hydroxylation is 2. The number of nitrogens with zero attached hydrogens (tertiary/aromatic N) is 2. The minimum atomic E-state index is 0.310. The Labute approximate surface area is 121 Å². The average molecular weight is 272 g/mol. The smallest absolute Gasteiger partial charge is 0.147 e. The van der Waals surface area contributed by atoms with Gasteiger partial charge in [0, 0.05) is 13.1 Å². The maximum absolute atomic E-state index is 6.19. The molecule has 3 N–H and O–H groups in total. The summed E-state index contributed by atoms with van der Waals surface area (Å²) in [5.74, 6) is 0.928. The van der Waals surface area contributed by atoms with E-state index in [1.54, 1.807) is 0 Å². The van der Waals surface area contributed by atoms with E-state index in [2.05, 4.69) is 48.5 Å². The minimum absolute atomic E-state index is 0.310. The highest BCUT2D eigenvalue weighted by Gasteiger charge is 2.14. The summed E-state index contributed by atoms with van der Waals surface area (Å²) in [6.45, 7) is 4.30. The lowest BCUT2D eigenvalue weighted by Crippen LogP contribution is -2.20. The van der Waals surface area contributed by atoms with Crippen molar-refractivity contribution in [2.45, 2.75) is 39.2 Å². The van der Waals surface area contributed by atoms with Crippen LogP contribution < -0.4 is 11.1 Å². The highest BCUT2D eigenvalue weighted by molar-refractivity contribution is 5.65. The summed E-state index contributed by atoms with van der Waals surface area (Å²) in [5, 5.41) is 7.97. The number of rotatable bonds is 6. The molecule has 0 bridgehead atoms. The number of nitrogen functional groups attached to an aromatic ring is 1. The fraction of sp³-hybridized carbons (Fsp3) is 0.438. The number of benzene rings is 1. The second kappa shape index (κ2) is 6.46. The van der Waals surface area contributed by atoms with Gasteiger partial charge in [-0.3, -0.25) is 4.68 Å². The van der Waals surface area contributed by atoms with E-state index in [1.165, 1.54) is 5.56 Å². The van der Waals surface area contributed by atoms with Crippen molar-refractivity contribution in [3.05, 3.63) is 41.6 Å². The molecule has 0 saturated carbocycles. The molecule has 4 heteroatoms. The number of anilines is 2. The summed E-state index contributed by atoms with van der Waals surface area (Å²) in [5.41, 5.74) is 9.28. The van der Waals surface area contributed by atoms with Crippen molar-refractivity contribution in [2.75, 3.05) is 11.1 Å². The van der Waals surface area contributed by atoms with Crippen LogP contribution in [0.5, 0.6) is 0 Å². The van der Waals surface area contributed by atoms with Crippen molar-refractivity contribution in [2.24, 2.45) is 7.05 Å². The number of nitrogens with two attached hydrogens (primary N) is 1. The van der Waals surface area contributed by atoms with Crippen LogP contribution in [-0.2, 0) is 19.9 Å². The van der Waals surface area contributed by atoms with Gasteiger partial charge < -0.3 is 11.1 Å². The second-order valence-electron chi connectivity index (χ2n) is 5.32. The first-order valence-electron chi connectivity index (χ1n) is 7.23. The predicted octanol–water partition coefficient (Wildman–Crippen LogP) is 3.00. The quantitative estimate of drug-likeness (QED) is 0.850. The summed E-state index contributed by atoms with van der Waals surface area (Å²) < 4.78 is 1.85. The molecular formula is C16H24N4. The normalized spacial score (nSPS) is 12.3. The summed E-state index contributed by atoms with van der Waals surface area (Å²) in [4.78, 5) is 0. The van der Waals surface area contributed by atoms with Crippen molar-refractivity contribution in [3.8, 4) is 0 Å². The minimum Gasteiger partial charge on any atom is -0.394 e.